The smallest absolute Gasteiger partial charge is 0.151 e. The molecule has 4 heteroatoms. The number of nitrogens with one attached hydrogen (secondary N) is 1. The van der Waals surface area contributed by atoms with E-state index in [0.717, 1.165) is 43.6 Å². The molecule has 0 atom stereocenters. The Kier molecular flexibility index (Phi) is 2.65. The van der Waals surface area contributed by atoms with Crippen molar-refractivity contribution in [3.05, 3.63) is 35.8 Å². The van der Waals surface area contributed by atoms with Gasteiger partial charge in [-0.25, -0.2) is 4.98 Å². The third-order valence-corrected chi connectivity index (χ3v) is 3.39. The lowest BCUT2D eigenvalue weighted by Crippen LogP contribution is -2.26. The fourth-order valence-corrected chi connectivity index (χ4v) is 2.41. The molecule has 3 heterocycles. The lowest BCUT2D eigenvalue weighted by Gasteiger charge is -2.20. The van der Waals surface area contributed by atoms with E-state index in [0.29, 0.717) is 11.5 Å². The van der Waals surface area contributed by atoms with Gasteiger partial charge in [-0.3, -0.25) is 4.79 Å². The molecule has 0 aromatic carbocycles. The van der Waals surface area contributed by atoms with Crippen molar-refractivity contribution in [1.82, 2.24) is 14.7 Å². The summed E-state index contributed by atoms with van der Waals surface area (Å²) in [5.41, 5.74) is 2.76. The highest BCUT2D eigenvalue weighted by molar-refractivity contribution is 5.74. The summed E-state index contributed by atoms with van der Waals surface area (Å²) in [6, 6.07) is 3.70. The average Bonchev–Trinajstić information content (AvgIpc) is 2.82. The molecule has 1 aliphatic rings. The van der Waals surface area contributed by atoms with Crippen LogP contribution in [-0.2, 0) is 0 Å². The van der Waals surface area contributed by atoms with Crippen LogP contribution in [0.1, 0.15) is 34.8 Å². The molecular weight excluding hydrogens is 214 g/mol. The van der Waals surface area contributed by atoms with Crippen LogP contribution in [0.15, 0.2) is 24.5 Å². The molecule has 0 radical (unpaired) electrons. The van der Waals surface area contributed by atoms with Crippen molar-refractivity contribution < 1.29 is 4.79 Å². The van der Waals surface area contributed by atoms with Gasteiger partial charge >= 0.3 is 0 Å². The van der Waals surface area contributed by atoms with Gasteiger partial charge in [0.25, 0.3) is 0 Å². The number of piperidine rings is 1. The number of hydrogen-bond acceptors (Lipinski definition) is 3. The minimum Gasteiger partial charge on any atom is -0.317 e. The number of hydrogen-bond donors (Lipinski definition) is 1. The van der Waals surface area contributed by atoms with Gasteiger partial charge in [0.05, 0.1) is 5.69 Å². The lowest BCUT2D eigenvalue weighted by atomic mass is 9.95. The summed E-state index contributed by atoms with van der Waals surface area (Å²) >= 11 is 0. The molecule has 0 spiro atoms. The van der Waals surface area contributed by atoms with E-state index in [4.69, 9.17) is 0 Å². The quantitative estimate of drug-likeness (QED) is 0.796. The van der Waals surface area contributed by atoms with Crippen LogP contribution >= 0.6 is 0 Å². The van der Waals surface area contributed by atoms with Crippen LogP contribution in [0.25, 0.3) is 5.65 Å². The Labute approximate surface area is 99.7 Å². The molecule has 4 nitrogen and oxygen atoms in total. The molecule has 1 N–H and O–H groups in total. The Balaban J connectivity index is 1.97. The second-order valence-electron chi connectivity index (χ2n) is 4.54. The maximum absolute atomic E-state index is 10.7. The highest BCUT2D eigenvalue weighted by Gasteiger charge is 2.17. The zero-order valence-electron chi connectivity index (χ0n) is 9.60. The number of fused-ring (bicyclic) bond motifs is 1. The maximum Gasteiger partial charge on any atom is 0.151 e. The van der Waals surface area contributed by atoms with Crippen molar-refractivity contribution in [3.8, 4) is 0 Å². The van der Waals surface area contributed by atoms with Crippen LogP contribution in [0.2, 0.25) is 0 Å². The zero-order chi connectivity index (χ0) is 11.7. The second kappa shape index (κ2) is 4.30. The van der Waals surface area contributed by atoms with E-state index in [1.165, 1.54) is 0 Å². The van der Waals surface area contributed by atoms with E-state index in [1.807, 2.05) is 22.7 Å². The first-order valence-electron chi connectivity index (χ1n) is 6.01. The molecule has 0 saturated carbocycles. The predicted molar refractivity (Wildman–Crippen MR) is 65.4 cm³/mol. The molecule has 3 rings (SSSR count). The summed E-state index contributed by atoms with van der Waals surface area (Å²) < 4.78 is 1.95. The highest BCUT2D eigenvalue weighted by Crippen LogP contribution is 2.24. The van der Waals surface area contributed by atoms with Crippen molar-refractivity contribution in [2.45, 2.75) is 18.8 Å². The average molecular weight is 229 g/mol. The number of carbonyl (C=O) groups is 1. The molecule has 1 fully saturated rings. The minimum absolute atomic E-state index is 0.552. The van der Waals surface area contributed by atoms with E-state index in [-0.39, 0.29) is 0 Å². The first-order chi connectivity index (χ1) is 8.36. The summed E-state index contributed by atoms with van der Waals surface area (Å²) in [7, 11) is 0. The lowest BCUT2D eigenvalue weighted by molar-refractivity contribution is 0.112. The normalized spacial score (nSPS) is 17.4. The topological polar surface area (TPSA) is 46.4 Å². The first-order valence-corrected chi connectivity index (χ1v) is 6.01. The number of carbonyl (C=O) groups excluding carboxylic acids is 1. The number of imidazole rings is 1. The van der Waals surface area contributed by atoms with E-state index >= 15 is 0 Å². The van der Waals surface area contributed by atoms with Gasteiger partial charge in [-0.05, 0) is 38.1 Å². The van der Waals surface area contributed by atoms with Gasteiger partial charge in [0, 0.05) is 23.9 Å². The Morgan fingerprint density at radius 1 is 1.29 bits per heavy atom. The van der Waals surface area contributed by atoms with E-state index < -0.39 is 0 Å². The van der Waals surface area contributed by atoms with Crippen LogP contribution in [-0.4, -0.2) is 28.8 Å². The summed E-state index contributed by atoms with van der Waals surface area (Å²) in [5.74, 6) is 0.552. The number of aromatic nitrogens is 2. The standard InChI is InChI=1S/C13H15N3O/c17-9-10-1-2-13-15-12(8-16(13)7-10)11-3-5-14-6-4-11/h1-2,7-9,11,14H,3-6H2. The minimum atomic E-state index is 0.552. The van der Waals surface area contributed by atoms with Gasteiger partial charge in [-0.15, -0.1) is 0 Å². The summed E-state index contributed by atoms with van der Waals surface area (Å²) in [6.07, 6.45) is 7.04. The number of pyridine rings is 1. The third kappa shape index (κ3) is 1.96. The van der Waals surface area contributed by atoms with Crippen LogP contribution < -0.4 is 5.32 Å². The molecule has 0 bridgehead atoms. The van der Waals surface area contributed by atoms with Gasteiger partial charge in [0.15, 0.2) is 6.29 Å². The third-order valence-electron chi connectivity index (χ3n) is 3.39. The van der Waals surface area contributed by atoms with E-state index in [9.17, 15) is 4.79 Å². The van der Waals surface area contributed by atoms with E-state index in [1.54, 1.807) is 0 Å². The summed E-state index contributed by atoms with van der Waals surface area (Å²) in [5, 5.41) is 3.36. The Hall–Kier alpha value is -1.68. The van der Waals surface area contributed by atoms with Crippen LogP contribution in [0.5, 0.6) is 0 Å². The van der Waals surface area contributed by atoms with Crippen molar-refractivity contribution >= 4 is 11.9 Å². The highest BCUT2D eigenvalue weighted by atomic mass is 16.1. The van der Waals surface area contributed by atoms with Crippen molar-refractivity contribution in [2.75, 3.05) is 13.1 Å². The van der Waals surface area contributed by atoms with Gasteiger partial charge in [-0.2, -0.15) is 0 Å². The van der Waals surface area contributed by atoms with Crippen molar-refractivity contribution in [2.24, 2.45) is 0 Å². The van der Waals surface area contributed by atoms with Gasteiger partial charge in [0.1, 0.15) is 5.65 Å². The number of aldehydes is 1. The van der Waals surface area contributed by atoms with E-state index in [2.05, 4.69) is 16.5 Å². The van der Waals surface area contributed by atoms with Crippen LogP contribution in [0.4, 0.5) is 0 Å². The maximum atomic E-state index is 10.7. The van der Waals surface area contributed by atoms with Crippen molar-refractivity contribution in [3.63, 3.8) is 0 Å². The first kappa shape index (κ1) is 10.5. The molecule has 1 saturated heterocycles. The second-order valence-corrected chi connectivity index (χ2v) is 4.54. The van der Waals surface area contributed by atoms with Gasteiger partial charge in [-0.1, -0.05) is 0 Å². The molecule has 0 amide bonds. The largest absolute Gasteiger partial charge is 0.317 e. The van der Waals surface area contributed by atoms with Crippen molar-refractivity contribution in [1.29, 1.82) is 0 Å². The fraction of sp³-hybridized carbons (Fsp3) is 0.385. The molecule has 88 valence electrons. The predicted octanol–water partition coefficient (Wildman–Crippen LogP) is 1.61. The molecule has 1 aliphatic heterocycles. The SMILES string of the molecule is O=Cc1ccc2nc(C3CCNCC3)cn2c1. The number of rotatable bonds is 2. The Bertz CT molecular complexity index is 541. The molecular formula is C13H15N3O. The van der Waals surface area contributed by atoms with Gasteiger partial charge < -0.3 is 9.72 Å². The molecule has 0 aliphatic carbocycles. The molecule has 17 heavy (non-hydrogen) atoms. The molecule has 2 aromatic heterocycles. The zero-order valence-corrected chi connectivity index (χ0v) is 9.60. The monoisotopic (exact) mass is 229 g/mol. The summed E-state index contributed by atoms with van der Waals surface area (Å²) in [6.45, 7) is 2.14. The Morgan fingerprint density at radius 2 is 2.12 bits per heavy atom. The molecule has 0 unspecified atom stereocenters. The van der Waals surface area contributed by atoms with Crippen LogP contribution in [0.3, 0.4) is 0 Å². The summed E-state index contributed by atoms with van der Waals surface area (Å²) in [4.78, 5) is 15.3. The fourth-order valence-electron chi connectivity index (χ4n) is 2.41. The molecule has 2 aromatic rings. The number of nitrogens with zero attached hydrogens (tertiary/aromatic N) is 2. The Morgan fingerprint density at radius 3 is 2.88 bits per heavy atom. The van der Waals surface area contributed by atoms with Crippen LogP contribution in [0, 0.1) is 0 Å². The van der Waals surface area contributed by atoms with Gasteiger partial charge in [0.2, 0.25) is 0 Å².